The van der Waals surface area contributed by atoms with Gasteiger partial charge in [0.2, 0.25) is 0 Å². The summed E-state index contributed by atoms with van der Waals surface area (Å²) in [4.78, 5) is 4.30. The molecule has 0 aliphatic rings. The number of para-hydroxylation sites is 1. The molecule has 0 N–H and O–H groups in total. The smallest absolute Gasteiger partial charge is 0.0966 e. The van der Waals surface area contributed by atoms with E-state index in [4.69, 9.17) is 0 Å². The van der Waals surface area contributed by atoms with Crippen molar-refractivity contribution in [3.05, 3.63) is 66.9 Å². The number of nitrogens with zero attached hydrogens (tertiary/aromatic N) is 3. The number of hydrogen-bond donors (Lipinski definition) is 0. The molecule has 18 heavy (non-hydrogen) atoms. The lowest BCUT2D eigenvalue weighted by Crippen LogP contribution is -1.76. The Kier molecular flexibility index (Phi) is 2.80. The molecule has 0 saturated carbocycles. The van der Waals surface area contributed by atoms with Gasteiger partial charge in [0.1, 0.15) is 0 Å². The number of pyridine rings is 1. The van der Waals surface area contributed by atoms with Crippen LogP contribution in [0, 0.1) is 0 Å². The standard InChI is InChI=1S/C15H11N3/c1-2-6-12(7-3-1)17-18-15-10-11-16-14-9-5-4-8-13(14)15/h1-11H. The van der Waals surface area contributed by atoms with E-state index in [9.17, 15) is 0 Å². The van der Waals surface area contributed by atoms with Crippen LogP contribution in [0.3, 0.4) is 0 Å². The number of hydrogen-bond acceptors (Lipinski definition) is 3. The highest BCUT2D eigenvalue weighted by Crippen LogP contribution is 2.25. The predicted molar refractivity (Wildman–Crippen MR) is 72.4 cm³/mol. The summed E-state index contributed by atoms with van der Waals surface area (Å²) >= 11 is 0. The highest BCUT2D eigenvalue weighted by Gasteiger charge is 1.99. The zero-order chi connectivity index (χ0) is 12.2. The number of aromatic nitrogens is 1. The maximum atomic E-state index is 4.30. The molecule has 0 aliphatic heterocycles. The van der Waals surface area contributed by atoms with E-state index in [-0.39, 0.29) is 0 Å². The van der Waals surface area contributed by atoms with Crippen molar-refractivity contribution in [2.75, 3.05) is 0 Å². The molecular formula is C15H11N3. The largest absolute Gasteiger partial charge is 0.256 e. The van der Waals surface area contributed by atoms with Gasteiger partial charge in [0.25, 0.3) is 0 Å². The molecule has 1 heterocycles. The Morgan fingerprint density at radius 2 is 1.50 bits per heavy atom. The minimum absolute atomic E-state index is 0.837. The van der Waals surface area contributed by atoms with Crippen molar-refractivity contribution in [1.82, 2.24) is 4.98 Å². The second-order valence-corrected chi connectivity index (χ2v) is 3.88. The summed E-state index contributed by atoms with van der Waals surface area (Å²) in [6.45, 7) is 0. The fraction of sp³-hybridized carbons (Fsp3) is 0. The summed E-state index contributed by atoms with van der Waals surface area (Å²) in [6, 6.07) is 19.5. The Morgan fingerprint density at radius 3 is 2.39 bits per heavy atom. The van der Waals surface area contributed by atoms with Crippen LogP contribution in [0.1, 0.15) is 0 Å². The highest BCUT2D eigenvalue weighted by atomic mass is 15.1. The molecule has 1 aromatic heterocycles. The van der Waals surface area contributed by atoms with Crippen LogP contribution >= 0.6 is 0 Å². The zero-order valence-corrected chi connectivity index (χ0v) is 9.69. The first-order valence-corrected chi connectivity index (χ1v) is 5.74. The number of rotatable bonds is 2. The maximum Gasteiger partial charge on any atom is 0.0966 e. The van der Waals surface area contributed by atoms with Crippen molar-refractivity contribution in [3.8, 4) is 0 Å². The van der Waals surface area contributed by atoms with Crippen LogP contribution in [0.5, 0.6) is 0 Å². The summed E-state index contributed by atoms with van der Waals surface area (Å²) in [5.41, 5.74) is 2.62. The van der Waals surface area contributed by atoms with Crippen molar-refractivity contribution in [3.63, 3.8) is 0 Å². The summed E-state index contributed by atoms with van der Waals surface area (Å²) < 4.78 is 0. The van der Waals surface area contributed by atoms with Crippen LogP contribution in [0.2, 0.25) is 0 Å². The monoisotopic (exact) mass is 233 g/mol. The molecule has 86 valence electrons. The van der Waals surface area contributed by atoms with Crippen molar-refractivity contribution in [2.45, 2.75) is 0 Å². The average Bonchev–Trinajstić information content (AvgIpc) is 2.46. The Balaban J connectivity index is 2.03. The normalized spacial score (nSPS) is 11.1. The molecule has 3 heteroatoms. The van der Waals surface area contributed by atoms with Gasteiger partial charge >= 0.3 is 0 Å². The van der Waals surface area contributed by atoms with Gasteiger partial charge in [-0.05, 0) is 24.3 Å². The Bertz CT molecular complexity index is 685. The average molecular weight is 233 g/mol. The van der Waals surface area contributed by atoms with Crippen molar-refractivity contribution in [1.29, 1.82) is 0 Å². The van der Waals surface area contributed by atoms with Gasteiger partial charge in [-0.1, -0.05) is 36.4 Å². The van der Waals surface area contributed by atoms with Gasteiger partial charge in [0.05, 0.1) is 16.9 Å². The van der Waals surface area contributed by atoms with E-state index in [0.717, 1.165) is 22.3 Å². The van der Waals surface area contributed by atoms with E-state index in [1.807, 2.05) is 60.7 Å². The zero-order valence-electron chi connectivity index (χ0n) is 9.69. The SMILES string of the molecule is c1ccc(N=Nc2ccnc3ccccc23)cc1. The molecule has 0 spiro atoms. The van der Waals surface area contributed by atoms with Gasteiger partial charge in [0, 0.05) is 11.6 Å². The fourth-order valence-corrected chi connectivity index (χ4v) is 1.77. The van der Waals surface area contributed by atoms with Gasteiger partial charge in [-0.3, -0.25) is 4.98 Å². The van der Waals surface area contributed by atoms with Crippen LogP contribution in [-0.4, -0.2) is 4.98 Å². The first kappa shape index (κ1) is 10.6. The summed E-state index contributed by atoms with van der Waals surface area (Å²) in [5, 5.41) is 9.53. The van der Waals surface area contributed by atoms with Gasteiger partial charge in [-0.15, -0.1) is 5.11 Å². The molecule has 0 aliphatic carbocycles. The van der Waals surface area contributed by atoms with E-state index >= 15 is 0 Å². The van der Waals surface area contributed by atoms with E-state index in [0.29, 0.717) is 0 Å². The van der Waals surface area contributed by atoms with Gasteiger partial charge in [0.15, 0.2) is 0 Å². The third-order valence-electron chi connectivity index (χ3n) is 2.66. The van der Waals surface area contributed by atoms with Crippen LogP contribution in [-0.2, 0) is 0 Å². The molecule has 3 rings (SSSR count). The molecule has 0 amide bonds. The van der Waals surface area contributed by atoms with Crippen molar-refractivity contribution < 1.29 is 0 Å². The molecule has 0 radical (unpaired) electrons. The van der Waals surface area contributed by atoms with E-state index < -0.39 is 0 Å². The van der Waals surface area contributed by atoms with Crippen LogP contribution in [0.25, 0.3) is 10.9 Å². The van der Waals surface area contributed by atoms with Gasteiger partial charge in [-0.25, -0.2) is 0 Å². The Labute approximate surface area is 105 Å². The molecule has 0 unspecified atom stereocenters. The topological polar surface area (TPSA) is 37.6 Å². The van der Waals surface area contributed by atoms with E-state index in [1.54, 1.807) is 6.20 Å². The third-order valence-corrected chi connectivity index (χ3v) is 2.66. The summed E-state index contributed by atoms with van der Waals surface area (Å²) in [5.74, 6) is 0. The lowest BCUT2D eigenvalue weighted by Gasteiger charge is -1.99. The highest BCUT2D eigenvalue weighted by molar-refractivity contribution is 5.89. The third kappa shape index (κ3) is 2.11. The molecule has 0 bridgehead atoms. The van der Waals surface area contributed by atoms with Gasteiger partial charge < -0.3 is 0 Å². The first-order chi connectivity index (χ1) is 8.93. The fourth-order valence-electron chi connectivity index (χ4n) is 1.77. The predicted octanol–water partition coefficient (Wildman–Crippen LogP) is 4.65. The van der Waals surface area contributed by atoms with Crippen LogP contribution < -0.4 is 0 Å². The second kappa shape index (κ2) is 4.75. The minimum Gasteiger partial charge on any atom is -0.256 e. The minimum atomic E-state index is 0.837. The molecule has 3 nitrogen and oxygen atoms in total. The quantitative estimate of drug-likeness (QED) is 0.593. The van der Waals surface area contributed by atoms with Crippen molar-refractivity contribution >= 4 is 22.3 Å². The van der Waals surface area contributed by atoms with Crippen LogP contribution in [0.15, 0.2) is 77.1 Å². The number of fused-ring (bicyclic) bond motifs is 1. The Hall–Kier alpha value is -2.55. The first-order valence-electron chi connectivity index (χ1n) is 5.74. The molecule has 0 atom stereocenters. The lowest BCUT2D eigenvalue weighted by atomic mass is 10.2. The molecule has 3 aromatic rings. The number of benzene rings is 2. The van der Waals surface area contributed by atoms with E-state index in [1.165, 1.54) is 0 Å². The lowest BCUT2D eigenvalue weighted by molar-refractivity contribution is 1.23. The van der Waals surface area contributed by atoms with Crippen LogP contribution in [0.4, 0.5) is 11.4 Å². The maximum absolute atomic E-state index is 4.30. The summed E-state index contributed by atoms with van der Waals surface area (Å²) in [6.07, 6.45) is 1.75. The molecule has 0 saturated heterocycles. The summed E-state index contributed by atoms with van der Waals surface area (Å²) in [7, 11) is 0. The van der Waals surface area contributed by atoms with Crippen molar-refractivity contribution in [2.24, 2.45) is 10.2 Å². The molecule has 0 fully saturated rings. The molecular weight excluding hydrogens is 222 g/mol. The van der Waals surface area contributed by atoms with E-state index in [2.05, 4.69) is 15.2 Å². The second-order valence-electron chi connectivity index (χ2n) is 3.88. The Morgan fingerprint density at radius 1 is 0.722 bits per heavy atom. The van der Waals surface area contributed by atoms with Gasteiger partial charge in [-0.2, -0.15) is 5.11 Å². The number of azo groups is 1. The molecule has 2 aromatic carbocycles.